The number of imidazole rings is 1. The van der Waals surface area contributed by atoms with Crippen molar-refractivity contribution in [2.24, 2.45) is 5.92 Å². The number of anilines is 2. The van der Waals surface area contributed by atoms with Gasteiger partial charge in [-0.05, 0) is 57.4 Å². The molecule has 31 heavy (non-hydrogen) atoms. The maximum atomic E-state index is 11.6. The molecule has 0 aliphatic carbocycles. The van der Waals surface area contributed by atoms with E-state index in [-0.39, 0.29) is 5.92 Å². The molecule has 4 aromatic heterocycles. The molecule has 5 rings (SSSR count). The highest BCUT2D eigenvalue weighted by Gasteiger charge is 2.23. The second kappa shape index (κ2) is 8.20. The van der Waals surface area contributed by atoms with Crippen LogP contribution >= 0.6 is 11.5 Å². The van der Waals surface area contributed by atoms with Gasteiger partial charge in [0, 0.05) is 30.4 Å². The fraction of sp³-hybridized carbons (Fsp3) is 0.381. The third-order valence-corrected chi connectivity index (χ3v) is 6.50. The number of likely N-dealkylation sites (tertiary alicyclic amines) is 1. The molecule has 1 fully saturated rings. The molecule has 1 aliphatic heterocycles. The minimum absolute atomic E-state index is 0.222. The first kappa shape index (κ1) is 19.8. The van der Waals surface area contributed by atoms with Crippen LogP contribution in [-0.2, 0) is 11.3 Å². The molecular weight excluding hydrogens is 412 g/mol. The standard InChI is InChI=1S/C21H24N8OS/c1-13-11-29-18(16-8-23-24-9-16)10-22-21(29)20(25-13)26-19-7-17(27-31-19)12-28-5-3-15(4-6-28)14(2)30/h7-11,15H,3-6,12H2,1-2H3,(H,23,24)(H,25,26). The maximum absolute atomic E-state index is 11.6. The van der Waals surface area contributed by atoms with E-state index >= 15 is 0 Å². The van der Waals surface area contributed by atoms with Gasteiger partial charge in [0.2, 0.25) is 0 Å². The third-order valence-electron chi connectivity index (χ3n) is 5.76. The van der Waals surface area contributed by atoms with Crippen molar-refractivity contribution in [3.05, 3.63) is 42.2 Å². The second-order valence-electron chi connectivity index (χ2n) is 8.02. The Kier molecular flexibility index (Phi) is 5.24. The average Bonchev–Trinajstić information content (AvgIpc) is 3.49. The van der Waals surface area contributed by atoms with Crippen LogP contribution in [0, 0.1) is 12.8 Å². The number of aromatic amines is 1. The molecule has 2 N–H and O–H groups in total. The molecule has 9 nitrogen and oxygen atoms in total. The lowest BCUT2D eigenvalue weighted by Crippen LogP contribution is -2.35. The molecule has 0 amide bonds. The summed E-state index contributed by atoms with van der Waals surface area (Å²) >= 11 is 1.42. The summed E-state index contributed by atoms with van der Waals surface area (Å²) < 4.78 is 6.64. The van der Waals surface area contributed by atoms with Crippen LogP contribution in [0.4, 0.5) is 10.8 Å². The summed E-state index contributed by atoms with van der Waals surface area (Å²) in [5, 5.41) is 11.2. The molecule has 0 spiro atoms. The van der Waals surface area contributed by atoms with E-state index < -0.39 is 0 Å². The Labute approximate surface area is 183 Å². The van der Waals surface area contributed by atoms with Crippen molar-refractivity contribution < 1.29 is 4.79 Å². The maximum Gasteiger partial charge on any atom is 0.180 e. The van der Waals surface area contributed by atoms with Crippen LogP contribution in [0.2, 0.25) is 0 Å². The normalized spacial score (nSPS) is 15.5. The van der Waals surface area contributed by atoms with Gasteiger partial charge in [0.05, 0.1) is 29.5 Å². The van der Waals surface area contributed by atoms with Gasteiger partial charge in [-0.15, -0.1) is 0 Å². The Morgan fingerprint density at radius 2 is 2.16 bits per heavy atom. The number of ketones is 1. The second-order valence-corrected chi connectivity index (χ2v) is 8.83. The minimum Gasteiger partial charge on any atom is -0.328 e. The van der Waals surface area contributed by atoms with E-state index in [9.17, 15) is 4.79 Å². The Balaban J connectivity index is 1.32. The Bertz CT molecular complexity index is 1200. The monoisotopic (exact) mass is 436 g/mol. The quantitative estimate of drug-likeness (QED) is 0.477. The van der Waals surface area contributed by atoms with Gasteiger partial charge < -0.3 is 5.32 Å². The van der Waals surface area contributed by atoms with E-state index in [0.717, 1.165) is 65.8 Å². The van der Waals surface area contributed by atoms with Gasteiger partial charge in [0.1, 0.15) is 10.8 Å². The molecule has 0 radical (unpaired) electrons. The van der Waals surface area contributed by atoms with E-state index in [1.807, 2.05) is 29.9 Å². The number of nitrogens with zero attached hydrogens (tertiary/aromatic N) is 6. The van der Waals surface area contributed by atoms with Crippen LogP contribution < -0.4 is 5.32 Å². The number of Topliss-reactive ketones (excluding diaryl/α,β-unsaturated/α-hetero) is 1. The topological polar surface area (TPSA) is 104 Å². The van der Waals surface area contributed by atoms with E-state index in [1.165, 1.54) is 11.5 Å². The highest BCUT2D eigenvalue weighted by molar-refractivity contribution is 7.10. The van der Waals surface area contributed by atoms with Crippen molar-refractivity contribution in [2.45, 2.75) is 33.2 Å². The van der Waals surface area contributed by atoms with Crippen molar-refractivity contribution in [1.82, 2.24) is 33.8 Å². The molecule has 1 aliphatic rings. The van der Waals surface area contributed by atoms with Crippen LogP contribution in [0.1, 0.15) is 31.2 Å². The molecule has 0 saturated carbocycles. The number of hydrogen-bond donors (Lipinski definition) is 2. The Morgan fingerprint density at radius 1 is 1.32 bits per heavy atom. The lowest BCUT2D eigenvalue weighted by Gasteiger charge is -2.30. The first-order valence-corrected chi connectivity index (χ1v) is 11.1. The van der Waals surface area contributed by atoms with E-state index in [1.54, 1.807) is 13.1 Å². The number of carbonyl (C=O) groups excluding carboxylic acids is 1. The molecule has 0 unspecified atom stereocenters. The number of carbonyl (C=O) groups is 1. The number of nitrogens with one attached hydrogen (secondary N) is 2. The molecule has 160 valence electrons. The number of aryl methyl sites for hydroxylation is 1. The summed E-state index contributed by atoms with van der Waals surface area (Å²) in [4.78, 5) is 23.2. The predicted molar refractivity (Wildman–Crippen MR) is 119 cm³/mol. The lowest BCUT2D eigenvalue weighted by atomic mass is 9.93. The van der Waals surface area contributed by atoms with E-state index in [2.05, 4.69) is 40.8 Å². The minimum atomic E-state index is 0.222. The fourth-order valence-corrected chi connectivity index (χ4v) is 4.74. The molecule has 5 heterocycles. The zero-order chi connectivity index (χ0) is 21.4. The molecule has 0 bridgehead atoms. The summed E-state index contributed by atoms with van der Waals surface area (Å²) in [6, 6.07) is 2.07. The molecule has 1 saturated heterocycles. The Morgan fingerprint density at radius 3 is 2.90 bits per heavy atom. The molecule has 0 aromatic carbocycles. The summed E-state index contributed by atoms with van der Waals surface area (Å²) in [5.41, 5.74) is 4.59. The van der Waals surface area contributed by atoms with Crippen molar-refractivity contribution in [1.29, 1.82) is 0 Å². The van der Waals surface area contributed by atoms with Gasteiger partial charge in [-0.1, -0.05) is 0 Å². The van der Waals surface area contributed by atoms with Crippen molar-refractivity contribution in [2.75, 3.05) is 18.4 Å². The largest absolute Gasteiger partial charge is 0.328 e. The fourth-order valence-electron chi connectivity index (χ4n) is 4.09. The van der Waals surface area contributed by atoms with Gasteiger partial charge in [0.25, 0.3) is 0 Å². The van der Waals surface area contributed by atoms with Gasteiger partial charge in [-0.2, -0.15) is 9.47 Å². The zero-order valence-electron chi connectivity index (χ0n) is 17.5. The summed E-state index contributed by atoms with van der Waals surface area (Å²) in [5.74, 6) is 1.24. The molecular formula is C21H24N8OS. The lowest BCUT2D eigenvalue weighted by molar-refractivity contribution is -0.122. The van der Waals surface area contributed by atoms with Crippen molar-refractivity contribution >= 4 is 33.8 Å². The summed E-state index contributed by atoms with van der Waals surface area (Å²) in [7, 11) is 0. The van der Waals surface area contributed by atoms with Crippen molar-refractivity contribution in [3.63, 3.8) is 0 Å². The highest BCUT2D eigenvalue weighted by atomic mass is 32.1. The van der Waals surface area contributed by atoms with Crippen LogP contribution in [0.25, 0.3) is 16.9 Å². The summed E-state index contributed by atoms with van der Waals surface area (Å²) in [6.07, 6.45) is 9.30. The molecule has 0 atom stereocenters. The number of H-pyrrole nitrogens is 1. The van der Waals surface area contributed by atoms with Crippen LogP contribution in [0.15, 0.2) is 30.9 Å². The van der Waals surface area contributed by atoms with Gasteiger partial charge >= 0.3 is 0 Å². The molecule has 10 heteroatoms. The molecule has 4 aromatic rings. The van der Waals surface area contributed by atoms with E-state index in [4.69, 9.17) is 0 Å². The SMILES string of the molecule is CC(=O)C1CCN(Cc2cc(Nc3nc(C)cn4c(-c5cn[nH]c5)cnc34)sn2)CC1. The number of piperidine rings is 1. The predicted octanol–water partition coefficient (Wildman–Crippen LogP) is 3.43. The van der Waals surface area contributed by atoms with Gasteiger partial charge in [0.15, 0.2) is 11.5 Å². The zero-order valence-corrected chi connectivity index (χ0v) is 18.3. The van der Waals surface area contributed by atoms with Crippen LogP contribution in [0.5, 0.6) is 0 Å². The van der Waals surface area contributed by atoms with Crippen LogP contribution in [-0.4, -0.2) is 52.7 Å². The highest BCUT2D eigenvalue weighted by Crippen LogP contribution is 2.28. The summed E-state index contributed by atoms with van der Waals surface area (Å²) in [6.45, 7) is 6.35. The van der Waals surface area contributed by atoms with Crippen LogP contribution in [0.3, 0.4) is 0 Å². The number of hydrogen-bond acceptors (Lipinski definition) is 8. The van der Waals surface area contributed by atoms with E-state index in [0.29, 0.717) is 11.6 Å². The number of aromatic nitrogens is 6. The number of rotatable bonds is 6. The first-order valence-electron chi connectivity index (χ1n) is 10.4. The average molecular weight is 437 g/mol. The van der Waals surface area contributed by atoms with Gasteiger partial charge in [-0.25, -0.2) is 9.97 Å². The van der Waals surface area contributed by atoms with Crippen molar-refractivity contribution in [3.8, 4) is 11.3 Å². The first-order chi connectivity index (χ1) is 15.1. The smallest absolute Gasteiger partial charge is 0.180 e. The third kappa shape index (κ3) is 4.08. The number of fused-ring (bicyclic) bond motifs is 1. The Hall–Kier alpha value is -3.11. The van der Waals surface area contributed by atoms with Gasteiger partial charge in [-0.3, -0.25) is 19.2 Å².